The summed E-state index contributed by atoms with van der Waals surface area (Å²) in [7, 11) is 0. The summed E-state index contributed by atoms with van der Waals surface area (Å²) in [5, 5.41) is 0. The zero-order valence-corrected chi connectivity index (χ0v) is 6.08. The second-order valence-corrected chi connectivity index (χ2v) is 2.62. The van der Waals surface area contributed by atoms with Crippen LogP contribution in [0.2, 0.25) is 0 Å². The third-order valence-electron chi connectivity index (χ3n) is 1.91. The van der Waals surface area contributed by atoms with Gasteiger partial charge in [-0.2, -0.15) is 0 Å². The van der Waals surface area contributed by atoms with Crippen LogP contribution >= 0.6 is 0 Å². The Morgan fingerprint density at radius 1 is 1.60 bits per heavy atom. The molecule has 2 aliphatic heterocycles. The molecule has 3 nitrogen and oxygen atoms in total. The molecule has 2 heterocycles. The summed E-state index contributed by atoms with van der Waals surface area (Å²) in [6.07, 6.45) is 1.64. The van der Waals surface area contributed by atoms with Gasteiger partial charge in [-0.25, -0.2) is 0 Å². The van der Waals surface area contributed by atoms with E-state index < -0.39 is 0 Å². The Hall–Kier alpha value is -0.120. The molecule has 0 spiro atoms. The summed E-state index contributed by atoms with van der Waals surface area (Å²) in [6, 6.07) is 0. The summed E-state index contributed by atoms with van der Waals surface area (Å²) < 4.78 is 15.9. The summed E-state index contributed by atoms with van der Waals surface area (Å²) in [5.74, 6) is 0. The molecule has 3 heteroatoms. The van der Waals surface area contributed by atoms with Crippen molar-refractivity contribution in [3.63, 3.8) is 0 Å². The van der Waals surface area contributed by atoms with E-state index in [0.29, 0.717) is 12.7 Å². The normalized spacial score (nSPS) is 44.7. The van der Waals surface area contributed by atoms with Crippen molar-refractivity contribution in [3.05, 3.63) is 0 Å². The van der Waals surface area contributed by atoms with Gasteiger partial charge in [-0.3, -0.25) is 0 Å². The molecular weight excluding hydrogens is 132 g/mol. The Bertz CT molecular complexity index is 124. The molecule has 0 aromatic heterocycles. The van der Waals surface area contributed by atoms with E-state index in [2.05, 4.69) is 0 Å². The first-order valence-corrected chi connectivity index (χ1v) is 3.80. The average Bonchev–Trinajstić information content (AvgIpc) is 2.67. The molecule has 2 fully saturated rings. The lowest BCUT2D eigenvalue weighted by Gasteiger charge is -2.18. The molecule has 0 N–H and O–H groups in total. The Balaban J connectivity index is 1.84. The van der Waals surface area contributed by atoms with E-state index in [1.54, 1.807) is 0 Å². The first-order chi connectivity index (χ1) is 4.92. The van der Waals surface area contributed by atoms with Crippen molar-refractivity contribution in [1.82, 2.24) is 0 Å². The summed E-state index contributed by atoms with van der Waals surface area (Å²) in [5.41, 5.74) is 0. The van der Waals surface area contributed by atoms with Gasteiger partial charge in [0, 0.05) is 6.61 Å². The van der Waals surface area contributed by atoms with Gasteiger partial charge >= 0.3 is 0 Å². The molecule has 0 aromatic carbocycles. The van der Waals surface area contributed by atoms with E-state index in [-0.39, 0.29) is 12.4 Å². The van der Waals surface area contributed by atoms with Crippen LogP contribution in [0.1, 0.15) is 13.3 Å². The van der Waals surface area contributed by atoms with E-state index >= 15 is 0 Å². The Morgan fingerprint density at radius 2 is 2.50 bits per heavy atom. The van der Waals surface area contributed by atoms with E-state index in [0.717, 1.165) is 13.0 Å². The monoisotopic (exact) mass is 144 g/mol. The van der Waals surface area contributed by atoms with Crippen LogP contribution < -0.4 is 0 Å². The van der Waals surface area contributed by atoms with Gasteiger partial charge in [0.25, 0.3) is 0 Å². The highest BCUT2D eigenvalue weighted by Crippen LogP contribution is 2.34. The predicted octanol–water partition coefficient (Wildman–Crippen LogP) is 0.537. The lowest BCUT2D eigenvalue weighted by atomic mass is 10.2. The van der Waals surface area contributed by atoms with Crippen LogP contribution in [0.3, 0.4) is 0 Å². The second kappa shape index (κ2) is 2.49. The van der Waals surface area contributed by atoms with Gasteiger partial charge in [-0.05, 0) is 13.3 Å². The molecule has 0 bridgehead atoms. The van der Waals surface area contributed by atoms with E-state index in [1.807, 2.05) is 6.92 Å². The zero-order valence-electron chi connectivity index (χ0n) is 6.08. The van der Waals surface area contributed by atoms with Gasteiger partial charge in [-0.1, -0.05) is 0 Å². The van der Waals surface area contributed by atoms with Gasteiger partial charge < -0.3 is 14.2 Å². The minimum Gasteiger partial charge on any atom is -0.364 e. The molecule has 10 heavy (non-hydrogen) atoms. The molecule has 58 valence electrons. The van der Waals surface area contributed by atoms with E-state index in [9.17, 15) is 0 Å². The van der Waals surface area contributed by atoms with Crippen molar-refractivity contribution in [2.45, 2.75) is 31.8 Å². The second-order valence-electron chi connectivity index (χ2n) is 2.62. The Labute approximate surface area is 60.3 Å². The van der Waals surface area contributed by atoms with Gasteiger partial charge in [0.1, 0.15) is 6.10 Å². The highest BCUT2D eigenvalue weighted by molar-refractivity contribution is 4.90. The molecule has 2 rings (SSSR count). The van der Waals surface area contributed by atoms with Crippen molar-refractivity contribution < 1.29 is 14.2 Å². The fourth-order valence-electron chi connectivity index (χ4n) is 1.33. The van der Waals surface area contributed by atoms with Crippen LogP contribution in [0.15, 0.2) is 0 Å². The summed E-state index contributed by atoms with van der Waals surface area (Å²) in [6.45, 7) is 3.46. The lowest BCUT2D eigenvalue weighted by Crippen LogP contribution is -2.30. The first kappa shape index (κ1) is 6.58. The minimum atomic E-state index is -0.0799. The van der Waals surface area contributed by atoms with E-state index in [4.69, 9.17) is 14.2 Å². The Morgan fingerprint density at radius 3 is 3.30 bits per heavy atom. The Kier molecular flexibility index (Phi) is 1.64. The molecule has 3 atom stereocenters. The largest absolute Gasteiger partial charge is 0.364 e. The SMILES string of the molecule is CCOC1OCCC2OC21. The molecule has 2 saturated heterocycles. The fourth-order valence-corrected chi connectivity index (χ4v) is 1.33. The van der Waals surface area contributed by atoms with Crippen LogP contribution in [0.5, 0.6) is 0 Å². The van der Waals surface area contributed by atoms with Crippen LogP contribution in [0.25, 0.3) is 0 Å². The van der Waals surface area contributed by atoms with Crippen LogP contribution in [-0.2, 0) is 14.2 Å². The molecule has 0 aromatic rings. The third-order valence-corrected chi connectivity index (χ3v) is 1.91. The maximum Gasteiger partial charge on any atom is 0.186 e. The first-order valence-electron chi connectivity index (χ1n) is 3.80. The lowest BCUT2D eigenvalue weighted by molar-refractivity contribution is -0.155. The third kappa shape index (κ3) is 1.05. The van der Waals surface area contributed by atoms with Crippen molar-refractivity contribution in [2.75, 3.05) is 13.2 Å². The summed E-state index contributed by atoms with van der Waals surface area (Å²) in [4.78, 5) is 0. The van der Waals surface area contributed by atoms with Crippen molar-refractivity contribution >= 4 is 0 Å². The summed E-state index contributed by atoms with van der Waals surface area (Å²) >= 11 is 0. The zero-order chi connectivity index (χ0) is 6.97. The number of rotatable bonds is 2. The maximum absolute atomic E-state index is 5.33. The minimum absolute atomic E-state index is 0.0799. The van der Waals surface area contributed by atoms with Crippen molar-refractivity contribution in [3.8, 4) is 0 Å². The molecule has 0 radical (unpaired) electrons. The molecule has 0 amide bonds. The highest BCUT2D eigenvalue weighted by atomic mass is 16.7. The number of hydrogen-bond acceptors (Lipinski definition) is 3. The predicted molar refractivity (Wildman–Crippen MR) is 34.6 cm³/mol. The average molecular weight is 144 g/mol. The number of hydrogen-bond donors (Lipinski definition) is 0. The van der Waals surface area contributed by atoms with E-state index in [1.165, 1.54) is 0 Å². The van der Waals surface area contributed by atoms with Gasteiger partial charge in [0.2, 0.25) is 0 Å². The topological polar surface area (TPSA) is 31.0 Å². The number of epoxide rings is 1. The smallest absolute Gasteiger partial charge is 0.186 e. The van der Waals surface area contributed by atoms with Gasteiger partial charge in [0.05, 0.1) is 12.7 Å². The van der Waals surface area contributed by atoms with Crippen LogP contribution in [0, 0.1) is 0 Å². The molecule has 0 aliphatic carbocycles. The molecule has 3 unspecified atom stereocenters. The molecule has 0 saturated carbocycles. The molecule has 2 aliphatic rings. The number of ether oxygens (including phenoxy) is 3. The van der Waals surface area contributed by atoms with Crippen LogP contribution in [0.4, 0.5) is 0 Å². The van der Waals surface area contributed by atoms with Gasteiger partial charge in [-0.15, -0.1) is 0 Å². The van der Waals surface area contributed by atoms with Crippen molar-refractivity contribution in [2.24, 2.45) is 0 Å². The standard InChI is InChI=1S/C7H12O3/c1-2-8-7-6-5(10-6)3-4-9-7/h5-7H,2-4H2,1H3. The maximum atomic E-state index is 5.33. The number of fused-ring (bicyclic) bond motifs is 1. The quantitative estimate of drug-likeness (QED) is 0.530. The van der Waals surface area contributed by atoms with Gasteiger partial charge in [0.15, 0.2) is 6.29 Å². The highest BCUT2D eigenvalue weighted by Gasteiger charge is 2.48. The van der Waals surface area contributed by atoms with Crippen molar-refractivity contribution in [1.29, 1.82) is 0 Å². The van der Waals surface area contributed by atoms with Crippen LogP contribution in [-0.4, -0.2) is 31.7 Å². The fraction of sp³-hybridized carbons (Fsp3) is 1.00. The molecular formula is C7H12O3.